The fourth-order valence-corrected chi connectivity index (χ4v) is 2.63. The molecule has 1 saturated heterocycles. The van der Waals surface area contributed by atoms with E-state index in [4.69, 9.17) is 0 Å². The molecule has 0 aromatic carbocycles. The van der Waals surface area contributed by atoms with Crippen molar-refractivity contribution in [2.75, 3.05) is 13.1 Å². The van der Waals surface area contributed by atoms with Gasteiger partial charge in [-0.25, -0.2) is 0 Å². The highest BCUT2D eigenvalue weighted by Gasteiger charge is 2.27. The Labute approximate surface area is 96.2 Å². The molecule has 2 aliphatic rings. The van der Waals surface area contributed by atoms with Gasteiger partial charge in [-0.1, -0.05) is 25.7 Å². The second-order valence-electron chi connectivity index (χ2n) is 4.94. The molecule has 4 nitrogen and oxygen atoms in total. The van der Waals surface area contributed by atoms with Crippen LogP contribution in [0.5, 0.6) is 0 Å². The van der Waals surface area contributed by atoms with Gasteiger partial charge in [0.1, 0.15) is 0 Å². The van der Waals surface area contributed by atoms with Crippen molar-refractivity contribution in [1.82, 2.24) is 10.6 Å². The Morgan fingerprint density at radius 2 is 2.12 bits per heavy atom. The summed E-state index contributed by atoms with van der Waals surface area (Å²) in [5, 5.41) is 5.62. The molecule has 1 atom stereocenters. The summed E-state index contributed by atoms with van der Waals surface area (Å²) in [4.78, 5) is 22.6. The fourth-order valence-electron chi connectivity index (χ4n) is 2.63. The first-order valence-corrected chi connectivity index (χ1v) is 6.30. The van der Waals surface area contributed by atoms with Gasteiger partial charge in [-0.3, -0.25) is 9.59 Å². The molecule has 0 bridgehead atoms. The summed E-state index contributed by atoms with van der Waals surface area (Å²) >= 11 is 0. The highest BCUT2D eigenvalue weighted by molar-refractivity contribution is 5.89. The lowest BCUT2D eigenvalue weighted by Gasteiger charge is -2.12. The topological polar surface area (TPSA) is 58.2 Å². The normalized spacial score (nSPS) is 25.8. The van der Waals surface area contributed by atoms with Crippen LogP contribution in [0, 0.1) is 11.8 Å². The summed E-state index contributed by atoms with van der Waals surface area (Å²) in [7, 11) is 0. The average molecular weight is 224 g/mol. The molecule has 4 heteroatoms. The average Bonchev–Trinajstić information content (AvgIpc) is 2.89. The maximum atomic E-state index is 11.7. The van der Waals surface area contributed by atoms with Crippen molar-refractivity contribution in [3.05, 3.63) is 0 Å². The summed E-state index contributed by atoms with van der Waals surface area (Å²) in [5.41, 5.74) is 0. The van der Waals surface area contributed by atoms with Crippen LogP contribution in [0.2, 0.25) is 0 Å². The minimum absolute atomic E-state index is 0.00376. The number of amides is 2. The fraction of sp³-hybridized carbons (Fsp3) is 0.833. The summed E-state index contributed by atoms with van der Waals surface area (Å²) in [6.45, 7) is 1.28. The highest BCUT2D eigenvalue weighted by atomic mass is 16.2. The molecule has 1 heterocycles. The van der Waals surface area contributed by atoms with E-state index in [9.17, 15) is 9.59 Å². The van der Waals surface area contributed by atoms with Gasteiger partial charge in [-0.2, -0.15) is 0 Å². The lowest BCUT2D eigenvalue weighted by molar-refractivity contribution is -0.126. The highest BCUT2D eigenvalue weighted by Crippen LogP contribution is 2.26. The molecule has 16 heavy (non-hydrogen) atoms. The van der Waals surface area contributed by atoms with Crippen LogP contribution >= 0.6 is 0 Å². The van der Waals surface area contributed by atoms with Crippen LogP contribution in [0.3, 0.4) is 0 Å². The molecule has 2 rings (SSSR count). The molecule has 0 radical (unpaired) electrons. The Hall–Kier alpha value is -1.06. The molecule has 0 spiro atoms. The predicted molar refractivity (Wildman–Crippen MR) is 60.7 cm³/mol. The lowest BCUT2D eigenvalue weighted by atomic mass is 10.0. The molecule has 1 saturated carbocycles. The van der Waals surface area contributed by atoms with Gasteiger partial charge in [-0.05, 0) is 12.3 Å². The van der Waals surface area contributed by atoms with Crippen molar-refractivity contribution < 1.29 is 9.59 Å². The standard InChI is InChI=1S/C12H20N2O2/c15-11-7-10(8-14-11)12(16)13-6-5-9-3-1-2-4-9/h9-10H,1-8H2,(H,13,16)(H,14,15). The van der Waals surface area contributed by atoms with Crippen molar-refractivity contribution in [2.45, 2.75) is 38.5 Å². The Morgan fingerprint density at radius 1 is 1.38 bits per heavy atom. The minimum atomic E-state index is -0.143. The van der Waals surface area contributed by atoms with E-state index in [2.05, 4.69) is 10.6 Å². The Morgan fingerprint density at radius 3 is 2.75 bits per heavy atom. The number of carbonyl (C=O) groups excluding carboxylic acids is 2. The number of carbonyl (C=O) groups is 2. The Kier molecular flexibility index (Phi) is 3.80. The van der Waals surface area contributed by atoms with E-state index in [0.717, 1.165) is 18.9 Å². The Balaban J connectivity index is 1.61. The van der Waals surface area contributed by atoms with E-state index < -0.39 is 0 Å². The second kappa shape index (κ2) is 5.32. The molecule has 2 fully saturated rings. The molecule has 90 valence electrons. The number of hydrogen-bond acceptors (Lipinski definition) is 2. The number of hydrogen-bond donors (Lipinski definition) is 2. The third kappa shape index (κ3) is 2.97. The summed E-state index contributed by atoms with van der Waals surface area (Å²) in [5.74, 6) is 0.701. The van der Waals surface area contributed by atoms with Crippen molar-refractivity contribution >= 4 is 11.8 Å². The van der Waals surface area contributed by atoms with Gasteiger partial charge in [0.25, 0.3) is 0 Å². The minimum Gasteiger partial charge on any atom is -0.356 e. The van der Waals surface area contributed by atoms with Crippen molar-refractivity contribution in [3.63, 3.8) is 0 Å². The zero-order valence-corrected chi connectivity index (χ0v) is 9.63. The van der Waals surface area contributed by atoms with Gasteiger partial charge < -0.3 is 10.6 Å². The van der Waals surface area contributed by atoms with Gasteiger partial charge in [-0.15, -0.1) is 0 Å². The van der Waals surface area contributed by atoms with E-state index in [-0.39, 0.29) is 17.7 Å². The van der Waals surface area contributed by atoms with E-state index in [1.807, 2.05) is 0 Å². The van der Waals surface area contributed by atoms with Crippen LogP contribution in [0.4, 0.5) is 0 Å². The van der Waals surface area contributed by atoms with Crippen LogP contribution in [0.1, 0.15) is 38.5 Å². The lowest BCUT2D eigenvalue weighted by Crippen LogP contribution is -2.33. The first kappa shape index (κ1) is 11.4. The number of rotatable bonds is 4. The molecular formula is C12H20N2O2. The zero-order chi connectivity index (χ0) is 11.4. The molecule has 2 N–H and O–H groups in total. The smallest absolute Gasteiger partial charge is 0.225 e. The largest absolute Gasteiger partial charge is 0.356 e. The third-order valence-electron chi connectivity index (χ3n) is 3.67. The summed E-state index contributed by atoms with van der Waals surface area (Å²) < 4.78 is 0. The van der Waals surface area contributed by atoms with Gasteiger partial charge in [0.15, 0.2) is 0 Å². The molecule has 0 aromatic rings. The quantitative estimate of drug-likeness (QED) is 0.742. The summed E-state index contributed by atoms with van der Waals surface area (Å²) in [6.07, 6.45) is 6.78. The maximum absolute atomic E-state index is 11.7. The first-order chi connectivity index (χ1) is 7.75. The van der Waals surface area contributed by atoms with Crippen LogP contribution in [0.25, 0.3) is 0 Å². The zero-order valence-electron chi connectivity index (χ0n) is 9.63. The van der Waals surface area contributed by atoms with E-state index >= 15 is 0 Å². The summed E-state index contributed by atoms with van der Waals surface area (Å²) in [6, 6.07) is 0. The van der Waals surface area contributed by atoms with Crippen LogP contribution in [-0.4, -0.2) is 24.9 Å². The predicted octanol–water partition coefficient (Wildman–Crippen LogP) is 0.819. The Bertz CT molecular complexity index is 272. The van der Waals surface area contributed by atoms with Crippen LogP contribution < -0.4 is 10.6 Å². The molecule has 1 unspecified atom stereocenters. The second-order valence-corrected chi connectivity index (χ2v) is 4.94. The molecule has 0 aromatic heterocycles. The van der Waals surface area contributed by atoms with E-state index in [1.165, 1.54) is 25.7 Å². The van der Waals surface area contributed by atoms with E-state index in [0.29, 0.717) is 13.0 Å². The van der Waals surface area contributed by atoms with Crippen molar-refractivity contribution in [2.24, 2.45) is 11.8 Å². The molecular weight excluding hydrogens is 204 g/mol. The molecule has 2 amide bonds. The van der Waals surface area contributed by atoms with Gasteiger partial charge in [0, 0.05) is 19.5 Å². The third-order valence-corrected chi connectivity index (χ3v) is 3.67. The van der Waals surface area contributed by atoms with Gasteiger partial charge in [0.2, 0.25) is 11.8 Å². The van der Waals surface area contributed by atoms with Crippen molar-refractivity contribution in [1.29, 1.82) is 0 Å². The van der Waals surface area contributed by atoms with Gasteiger partial charge in [0.05, 0.1) is 5.92 Å². The molecule has 1 aliphatic heterocycles. The van der Waals surface area contributed by atoms with Gasteiger partial charge >= 0.3 is 0 Å². The monoisotopic (exact) mass is 224 g/mol. The van der Waals surface area contributed by atoms with Crippen LogP contribution in [0.15, 0.2) is 0 Å². The SMILES string of the molecule is O=C1CC(C(=O)NCCC2CCCC2)CN1. The molecule has 1 aliphatic carbocycles. The number of nitrogens with one attached hydrogen (secondary N) is 2. The maximum Gasteiger partial charge on any atom is 0.225 e. The van der Waals surface area contributed by atoms with E-state index in [1.54, 1.807) is 0 Å². The van der Waals surface area contributed by atoms with Crippen LogP contribution in [-0.2, 0) is 9.59 Å². The first-order valence-electron chi connectivity index (χ1n) is 6.30. The van der Waals surface area contributed by atoms with Crippen molar-refractivity contribution in [3.8, 4) is 0 Å².